The Kier molecular flexibility index (Phi) is 16.2. The van der Waals surface area contributed by atoms with Gasteiger partial charge in [0.05, 0.1) is 13.2 Å². The molecule has 0 aliphatic heterocycles. The van der Waals surface area contributed by atoms with Crippen LogP contribution in [0.1, 0.15) is 13.8 Å². The van der Waals surface area contributed by atoms with Crippen LogP contribution in [0.4, 0.5) is 0 Å². The number of likely N-dealkylation sites (N-methyl/N-ethyl adjacent to an activating group) is 1. The molecule has 0 rings (SSSR count). The lowest BCUT2D eigenvalue weighted by Gasteiger charge is -2.14. The highest BCUT2D eigenvalue weighted by Gasteiger charge is 1.94. The summed E-state index contributed by atoms with van der Waals surface area (Å²) in [7, 11) is 5.48. The van der Waals surface area contributed by atoms with Crippen molar-refractivity contribution in [3.05, 3.63) is 0 Å². The number of methoxy groups -OCH3 is 2. The molecule has 0 N–H and O–H groups in total. The van der Waals surface area contributed by atoms with E-state index in [1.807, 2.05) is 13.8 Å². The smallest absolute Gasteiger partial charge is 0.0589 e. The van der Waals surface area contributed by atoms with Gasteiger partial charge in [0, 0.05) is 27.3 Å². The van der Waals surface area contributed by atoms with Gasteiger partial charge in [0.25, 0.3) is 0 Å². The lowest BCUT2D eigenvalue weighted by Crippen LogP contribution is -2.26. The molecule has 0 unspecified atom stereocenters. The fraction of sp³-hybridized carbons (Fsp3) is 1.00. The van der Waals surface area contributed by atoms with Crippen molar-refractivity contribution in [2.24, 2.45) is 0 Å². The average Bonchev–Trinajstić information content (AvgIpc) is 2.14. The Morgan fingerprint density at radius 1 is 0.917 bits per heavy atom. The van der Waals surface area contributed by atoms with Gasteiger partial charge in [-0.25, -0.2) is 0 Å². The normalized spacial score (nSPS) is 9.50. The van der Waals surface area contributed by atoms with Crippen LogP contribution in [0.25, 0.3) is 0 Å². The summed E-state index contributed by atoms with van der Waals surface area (Å²) in [6.45, 7) is 7.53. The number of rotatable bonds is 6. The van der Waals surface area contributed by atoms with Crippen molar-refractivity contribution in [1.29, 1.82) is 0 Å². The molecule has 0 aliphatic carbocycles. The molecule has 0 heterocycles. The van der Waals surface area contributed by atoms with E-state index in [0.717, 1.165) is 26.3 Å². The zero-order chi connectivity index (χ0) is 9.82. The summed E-state index contributed by atoms with van der Waals surface area (Å²) < 4.78 is 9.82. The Bertz CT molecular complexity index is 61.5. The molecule has 0 aromatic rings. The first-order valence-electron chi connectivity index (χ1n) is 4.47. The second-order valence-corrected chi connectivity index (χ2v) is 2.29. The molecule has 0 aromatic carbocycles. The van der Waals surface area contributed by atoms with Gasteiger partial charge in [0.2, 0.25) is 0 Å². The van der Waals surface area contributed by atoms with Gasteiger partial charge in [0.1, 0.15) is 0 Å². The van der Waals surface area contributed by atoms with Crippen LogP contribution in [0.15, 0.2) is 0 Å². The molecule has 0 fully saturated rings. The van der Waals surface area contributed by atoms with E-state index in [4.69, 9.17) is 9.47 Å². The van der Waals surface area contributed by atoms with Crippen molar-refractivity contribution >= 4 is 0 Å². The van der Waals surface area contributed by atoms with E-state index in [1.165, 1.54) is 0 Å². The molecule has 0 spiro atoms. The Balaban J connectivity index is 0. The minimum Gasteiger partial charge on any atom is -0.383 e. The highest BCUT2D eigenvalue weighted by Crippen LogP contribution is 1.81. The van der Waals surface area contributed by atoms with Crippen LogP contribution in [0.2, 0.25) is 0 Å². The van der Waals surface area contributed by atoms with Crippen LogP contribution in [0.3, 0.4) is 0 Å². The molecule has 12 heavy (non-hydrogen) atoms. The largest absolute Gasteiger partial charge is 0.383 e. The van der Waals surface area contributed by atoms with E-state index in [1.54, 1.807) is 14.2 Å². The molecular weight excluding hydrogens is 154 g/mol. The van der Waals surface area contributed by atoms with Crippen molar-refractivity contribution in [2.75, 3.05) is 47.6 Å². The van der Waals surface area contributed by atoms with Gasteiger partial charge in [0.15, 0.2) is 0 Å². The van der Waals surface area contributed by atoms with Gasteiger partial charge in [-0.1, -0.05) is 13.8 Å². The van der Waals surface area contributed by atoms with Gasteiger partial charge in [-0.05, 0) is 7.05 Å². The third-order valence-electron chi connectivity index (χ3n) is 1.35. The molecule has 3 nitrogen and oxygen atoms in total. The Morgan fingerprint density at radius 3 is 1.50 bits per heavy atom. The van der Waals surface area contributed by atoms with Gasteiger partial charge in [-0.15, -0.1) is 0 Å². The summed E-state index contributed by atoms with van der Waals surface area (Å²) in [5.74, 6) is 0. The Labute approximate surface area is 76.7 Å². The van der Waals surface area contributed by atoms with Crippen LogP contribution in [0.5, 0.6) is 0 Å². The molecule has 0 aromatic heterocycles. The van der Waals surface area contributed by atoms with Gasteiger partial charge >= 0.3 is 0 Å². The summed E-state index contributed by atoms with van der Waals surface area (Å²) in [6, 6.07) is 0. The number of nitrogens with zero attached hydrogens (tertiary/aromatic N) is 1. The summed E-state index contributed by atoms with van der Waals surface area (Å²) in [5.41, 5.74) is 0. The molecular formula is C9H23NO2. The topological polar surface area (TPSA) is 21.7 Å². The summed E-state index contributed by atoms with van der Waals surface area (Å²) >= 11 is 0. The van der Waals surface area contributed by atoms with E-state index >= 15 is 0 Å². The summed E-state index contributed by atoms with van der Waals surface area (Å²) in [4.78, 5) is 2.17. The molecule has 0 aliphatic rings. The maximum atomic E-state index is 4.91. The van der Waals surface area contributed by atoms with Gasteiger partial charge in [-0.2, -0.15) is 0 Å². The van der Waals surface area contributed by atoms with Gasteiger partial charge < -0.3 is 14.4 Å². The first-order valence-corrected chi connectivity index (χ1v) is 4.47. The molecule has 0 saturated carbocycles. The number of hydrogen-bond donors (Lipinski definition) is 0. The predicted octanol–water partition coefficient (Wildman–Crippen LogP) is 1.24. The van der Waals surface area contributed by atoms with Crippen LogP contribution in [-0.4, -0.2) is 52.5 Å². The van der Waals surface area contributed by atoms with Crippen LogP contribution >= 0.6 is 0 Å². The quantitative estimate of drug-likeness (QED) is 0.609. The van der Waals surface area contributed by atoms with E-state index < -0.39 is 0 Å². The first-order chi connectivity index (χ1) is 5.81. The lowest BCUT2D eigenvalue weighted by atomic mass is 10.5. The standard InChI is InChI=1S/C7H17NO2.C2H6/c1-8(4-6-9-2)5-7-10-3;1-2/h4-7H2,1-3H3;1-2H3. The predicted molar refractivity (Wildman–Crippen MR) is 52.6 cm³/mol. The van der Waals surface area contributed by atoms with E-state index in [9.17, 15) is 0 Å². The second kappa shape index (κ2) is 13.5. The molecule has 0 saturated heterocycles. The monoisotopic (exact) mass is 177 g/mol. The zero-order valence-corrected chi connectivity index (χ0v) is 9.09. The van der Waals surface area contributed by atoms with E-state index in [2.05, 4.69) is 11.9 Å². The number of ether oxygens (including phenoxy) is 2. The van der Waals surface area contributed by atoms with Crippen molar-refractivity contribution < 1.29 is 9.47 Å². The highest BCUT2D eigenvalue weighted by atomic mass is 16.5. The molecule has 0 bridgehead atoms. The van der Waals surface area contributed by atoms with Crippen molar-refractivity contribution in [3.63, 3.8) is 0 Å². The maximum absolute atomic E-state index is 4.91. The van der Waals surface area contributed by atoms with Crippen LogP contribution < -0.4 is 0 Å². The third-order valence-corrected chi connectivity index (χ3v) is 1.35. The fourth-order valence-electron chi connectivity index (χ4n) is 0.606. The Morgan fingerprint density at radius 2 is 1.25 bits per heavy atom. The third kappa shape index (κ3) is 12.5. The molecule has 3 heteroatoms. The number of hydrogen-bond acceptors (Lipinski definition) is 3. The molecule has 0 atom stereocenters. The van der Waals surface area contributed by atoms with Crippen LogP contribution in [0, 0.1) is 0 Å². The molecule has 0 amide bonds. The summed E-state index contributed by atoms with van der Waals surface area (Å²) in [6.07, 6.45) is 0. The van der Waals surface area contributed by atoms with E-state index in [-0.39, 0.29) is 0 Å². The SMILES string of the molecule is CC.COCCN(C)CCOC. The fourth-order valence-corrected chi connectivity index (χ4v) is 0.606. The highest BCUT2D eigenvalue weighted by molar-refractivity contribution is 4.47. The zero-order valence-electron chi connectivity index (χ0n) is 9.09. The van der Waals surface area contributed by atoms with Crippen molar-refractivity contribution in [3.8, 4) is 0 Å². The van der Waals surface area contributed by atoms with Crippen molar-refractivity contribution in [2.45, 2.75) is 13.8 Å². The first kappa shape index (κ1) is 14.4. The molecule has 76 valence electrons. The molecule has 0 radical (unpaired) electrons. The summed E-state index contributed by atoms with van der Waals surface area (Å²) in [5, 5.41) is 0. The second-order valence-electron chi connectivity index (χ2n) is 2.29. The van der Waals surface area contributed by atoms with Gasteiger partial charge in [-0.3, -0.25) is 0 Å². The Hall–Kier alpha value is -0.120. The van der Waals surface area contributed by atoms with E-state index in [0.29, 0.717) is 0 Å². The lowest BCUT2D eigenvalue weighted by molar-refractivity contribution is 0.128. The van der Waals surface area contributed by atoms with Crippen molar-refractivity contribution in [1.82, 2.24) is 4.90 Å². The minimum absolute atomic E-state index is 0.792. The van der Waals surface area contributed by atoms with Crippen LogP contribution in [-0.2, 0) is 9.47 Å². The average molecular weight is 177 g/mol. The minimum atomic E-state index is 0.792. The maximum Gasteiger partial charge on any atom is 0.0589 e.